The molecule has 1 aromatic heterocycles. The molecule has 0 unspecified atom stereocenters. The van der Waals surface area contributed by atoms with Crippen LogP contribution in [0.2, 0.25) is 0 Å². The van der Waals surface area contributed by atoms with Gasteiger partial charge in [-0.3, -0.25) is 4.79 Å². The van der Waals surface area contributed by atoms with Crippen LogP contribution in [0.15, 0.2) is 34.3 Å². The van der Waals surface area contributed by atoms with Crippen LogP contribution in [0, 0.1) is 0 Å². The van der Waals surface area contributed by atoms with E-state index in [-0.39, 0.29) is 12.0 Å². The van der Waals surface area contributed by atoms with Gasteiger partial charge in [0.2, 0.25) is 11.1 Å². The number of nitrogens with zero attached hydrogens (tertiary/aromatic N) is 5. The van der Waals surface area contributed by atoms with Crippen molar-refractivity contribution in [1.29, 1.82) is 0 Å². The van der Waals surface area contributed by atoms with Crippen molar-refractivity contribution < 1.29 is 9.53 Å². The number of hydrogen-bond acceptors (Lipinski definition) is 7. The maximum atomic E-state index is 13.0. The summed E-state index contributed by atoms with van der Waals surface area (Å²) in [6.45, 7) is 4.40. The van der Waals surface area contributed by atoms with Crippen molar-refractivity contribution in [2.24, 2.45) is 0 Å². The van der Waals surface area contributed by atoms with Gasteiger partial charge in [-0.25, -0.2) is 4.68 Å². The van der Waals surface area contributed by atoms with Gasteiger partial charge in [-0.15, -0.1) is 16.9 Å². The predicted octanol–water partition coefficient (Wildman–Crippen LogP) is 2.86. The number of anilines is 1. The zero-order chi connectivity index (χ0) is 18.6. The molecule has 0 saturated carbocycles. The summed E-state index contributed by atoms with van der Waals surface area (Å²) >= 11 is 3.23. The molecular weight excluding hydrogens is 382 g/mol. The summed E-state index contributed by atoms with van der Waals surface area (Å²) in [4.78, 5) is 16.0. The first-order valence-corrected chi connectivity index (χ1v) is 11.1. The van der Waals surface area contributed by atoms with Gasteiger partial charge in [0.05, 0.1) is 24.1 Å². The standard InChI is InChI=1S/C18H23N5O2S2/c1-13-8-9-22(15-6-2-3-7-16(15)27-13)17(24)12-26-18-19-20-21-23(18)11-14-5-4-10-25-14/h2-3,6-7,13-14H,4-5,8-12H2,1H3/t13-,14+/m1/s1. The fourth-order valence-electron chi connectivity index (χ4n) is 3.35. The number of benzene rings is 1. The molecule has 27 heavy (non-hydrogen) atoms. The van der Waals surface area contributed by atoms with Crippen molar-refractivity contribution in [1.82, 2.24) is 20.2 Å². The summed E-state index contributed by atoms with van der Waals surface area (Å²) < 4.78 is 7.41. The Hall–Kier alpha value is -1.58. The summed E-state index contributed by atoms with van der Waals surface area (Å²) in [6.07, 6.45) is 3.26. The van der Waals surface area contributed by atoms with Crippen molar-refractivity contribution in [3.8, 4) is 0 Å². The number of tetrazole rings is 1. The molecular formula is C18H23N5O2S2. The molecule has 2 aliphatic rings. The quantitative estimate of drug-likeness (QED) is 0.708. The van der Waals surface area contributed by atoms with Crippen LogP contribution in [0.25, 0.3) is 0 Å². The molecule has 0 spiro atoms. The minimum absolute atomic E-state index is 0.0915. The highest BCUT2D eigenvalue weighted by atomic mass is 32.2. The number of hydrogen-bond donors (Lipinski definition) is 0. The van der Waals surface area contributed by atoms with E-state index in [0.717, 1.165) is 38.1 Å². The van der Waals surface area contributed by atoms with E-state index in [9.17, 15) is 4.79 Å². The van der Waals surface area contributed by atoms with E-state index in [1.54, 1.807) is 4.68 Å². The van der Waals surface area contributed by atoms with Crippen LogP contribution >= 0.6 is 23.5 Å². The van der Waals surface area contributed by atoms with E-state index in [4.69, 9.17) is 4.74 Å². The molecule has 0 N–H and O–H groups in total. The van der Waals surface area contributed by atoms with Gasteiger partial charge in [0.15, 0.2) is 0 Å². The fourth-order valence-corrected chi connectivity index (χ4v) is 5.22. The van der Waals surface area contributed by atoms with Crippen LogP contribution in [0.4, 0.5) is 5.69 Å². The molecule has 2 aliphatic heterocycles. The average Bonchev–Trinajstić information content (AvgIpc) is 3.30. The number of amides is 1. The minimum atomic E-state index is 0.0915. The first-order valence-electron chi connectivity index (χ1n) is 9.27. The summed E-state index contributed by atoms with van der Waals surface area (Å²) in [7, 11) is 0. The smallest absolute Gasteiger partial charge is 0.237 e. The third-order valence-corrected chi connectivity index (χ3v) is 6.95. The molecule has 2 atom stereocenters. The van der Waals surface area contributed by atoms with E-state index < -0.39 is 0 Å². The number of aromatic nitrogens is 4. The maximum Gasteiger partial charge on any atom is 0.237 e. The van der Waals surface area contributed by atoms with Gasteiger partial charge in [0, 0.05) is 23.3 Å². The van der Waals surface area contributed by atoms with Crippen molar-refractivity contribution >= 4 is 35.1 Å². The van der Waals surface area contributed by atoms with Gasteiger partial charge < -0.3 is 9.64 Å². The molecule has 0 bridgehead atoms. The summed E-state index contributed by atoms with van der Waals surface area (Å²) in [5.41, 5.74) is 1.01. The Bertz CT molecular complexity index is 794. The van der Waals surface area contributed by atoms with Crippen LogP contribution in [-0.2, 0) is 16.1 Å². The molecule has 2 aromatic rings. The molecule has 4 rings (SSSR count). The first kappa shape index (κ1) is 18.8. The lowest BCUT2D eigenvalue weighted by atomic mass is 10.2. The third kappa shape index (κ3) is 4.47. The van der Waals surface area contributed by atoms with E-state index in [1.807, 2.05) is 34.9 Å². The van der Waals surface area contributed by atoms with Gasteiger partial charge in [-0.05, 0) is 41.8 Å². The Morgan fingerprint density at radius 2 is 2.26 bits per heavy atom. The number of carbonyl (C=O) groups excluding carboxylic acids is 1. The number of fused-ring (bicyclic) bond motifs is 1. The molecule has 1 fully saturated rings. The molecule has 1 amide bonds. The van der Waals surface area contributed by atoms with E-state index in [0.29, 0.717) is 22.7 Å². The molecule has 9 heteroatoms. The Balaban J connectivity index is 1.42. The largest absolute Gasteiger partial charge is 0.376 e. The fraction of sp³-hybridized carbons (Fsp3) is 0.556. The van der Waals surface area contributed by atoms with Crippen LogP contribution < -0.4 is 4.90 Å². The van der Waals surface area contributed by atoms with Gasteiger partial charge >= 0.3 is 0 Å². The first-order chi connectivity index (χ1) is 13.2. The summed E-state index contributed by atoms with van der Waals surface area (Å²) in [6, 6.07) is 8.15. The molecule has 0 radical (unpaired) electrons. The second kappa shape index (κ2) is 8.62. The molecule has 0 aliphatic carbocycles. The SMILES string of the molecule is C[C@@H]1CCN(C(=O)CSc2nnnn2C[C@@H]2CCCO2)c2ccccc2S1. The van der Waals surface area contributed by atoms with Gasteiger partial charge in [-0.2, -0.15) is 0 Å². The second-order valence-electron chi connectivity index (χ2n) is 6.80. The Labute approximate surface area is 167 Å². The summed E-state index contributed by atoms with van der Waals surface area (Å²) in [5.74, 6) is 0.410. The van der Waals surface area contributed by atoms with E-state index >= 15 is 0 Å². The highest BCUT2D eigenvalue weighted by Crippen LogP contribution is 2.37. The number of thioether (sulfide) groups is 2. The topological polar surface area (TPSA) is 73.1 Å². The van der Waals surface area contributed by atoms with Crippen LogP contribution in [0.5, 0.6) is 0 Å². The van der Waals surface area contributed by atoms with Crippen molar-refractivity contribution in [3.63, 3.8) is 0 Å². The third-order valence-electron chi connectivity index (χ3n) is 4.77. The summed E-state index contributed by atoms with van der Waals surface area (Å²) in [5, 5.41) is 13.1. The number of carbonyl (C=O) groups is 1. The van der Waals surface area contributed by atoms with Gasteiger partial charge in [0.25, 0.3) is 0 Å². The number of para-hydroxylation sites is 1. The minimum Gasteiger partial charge on any atom is -0.376 e. The zero-order valence-electron chi connectivity index (χ0n) is 15.3. The maximum absolute atomic E-state index is 13.0. The second-order valence-corrected chi connectivity index (χ2v) is 9.22. The lowest BCUT2D eigenvalue weighted by molar-refractivity contribution is -0.116. The number of ether oxygens (including phenoxy) is 1. The molecule has 1 saturated heterocycles. The average molecular weight is 406 g/mol. The van der Waals surface area contributed by atoms with Gasteiger partial charge in [-0.1, -0.05) is 30.8 Å². The highest BCUT2D eigenvalue weighted by Gasteiger charge is 2.25. The Morgan fingerprint density at radius 3 is 3.11 bits per heavy atom. The molecule has 1 aromatic carbocycles. The Morgan fingerprint density at radius 1 is 1.37 bits per heavy atom. The van der Waals surface area contributed by atoms with E-state index in [2.05, 4.69) is 28.5 Å². The van der Waals surface area contributed by atoms with Crippen molar-refractivity contribution in [2.75, 3.05) is 23.8 Å². The lowest BCUT2D eigenvalue weighted by Crippen LogP contribution is -2.33. The highest BCUT2D eigenvalue weighted by molar-refractivity contribution is 8.00. The molecule has 144 valence electrons. The van der Waals surface area contributed by atoms with Crippen LogP contribution in [0.3, 0.4) is 0 Å². The van der Waals surface area contributed by atoms with Gasteiger partial charge in [0.1, 0.15) is 0 Å². The van der Waals surface area contributed by atoms with Crippen LogP contribution in [0.1, 0.15) is 26.2 Å². The molecule has 7 nitrogen and oxygen atoms in total. The lowest BCUT2D eigenvalue weighted by Gasteiger charge is -2.22. The van der Waals surface area contributed by atoms with Crippen molar-refractivity contribution in [2.45, 2.75) is 54.1 Å². The molecule has 3 heterocycles. The Kier molecular flexibility index (Phi) is 5.99. The predicted molar refractivity (Wildman–Crippen MR) is 106 cm³/mol. The van der Waals surface area contributed by atoms with E-state index in [1.165, 1.54) is 16.7 Å². The van der Waals surface area contributed by atoms with Crippen LogP contribution in [-0.4, -0.2) is 56.4 Å². The number of rotatable bonds is 5. The zero-order valence-corrected chi connectivity index (χ0v) is 16.9. The monoisotopic (exact) mass is 405 g/mol. The normalized spacial score (nSPS) is 22.5. The van der Waals surface area contributed by atoms with Crippen molar-refractivity contribution in [3.05, 3.63) is 24.3 Å².